The van der Waals surface area contributed by atoms with E-state index in [2.05, 4.69) is 20.9 Å². The lowest BCUT2D eigenvalue weighted by atomic mass is 10.0. The highest BCUT2D eigenvalue weighted by Crippen LogP contribution is 2.27. The number of rotatable bonds is 15. The molecule has 0 bridgehead atoms. The van der Waals surface area contributed by atoms with Crippen LogP contribution in [0.25, 0.3) is 11.3 Å². The maximum absolute atomic E-state index is 14.6. The molecule has 3 atom stereocenters. The average molecular weight is 779 g/mol. The number of nitrogens with zero attached hydrogens (tertiary/aromatic N) is 3. The quantitative estimate of drug-likeness (QED) is 0.0994. The molecule has 1 aromatic heterocycles. The van der Waals surface area contributed by atoms with Crippen molar-refractivity contribution in [1.82, 2.24) is 25.4 Å². The Hall–Kier alpha value is -4.43. The van der Waals surface area contributed by atoms with Gasteiger partial charge in [-0.3, -0.25) is 19.2 Å². The number of likely N-dealkylation sites (tertiary alicyclic amines) is 1. The molecular weight excluding hydrogens is 725 g/mol. The number of anilines is 1. The standard InChI is InChI=1S/C40H54N6O6S2/c1-26(2)41-36(49)30-20-18-29(19-21-30)32-25-54-38(42-32)44-35(48)27(3)46(34(53)17-13-16-33(47)45-22-11-8-12-23-45)37(50)31(24-28-14-9-7-10-15-28)43-39(51)52-40(4,5)6/h7,9-10,14-15,18-21,25-27,31,34,53H,8,11-13,16-17,22-24H2,1-6H3,(H,41,49)(H,43,51)(H,42,44,48)/t27-,31+,34?/m0/s1. The zero-order chi connectivity index (χ0) is 39.4. The fourth-order valence-electron chi connectivity index (χ4n) is 6.09. The Balaban J connectivity index is 1.54. The highest BCUT2D eigenvalue weighted by Gasteiger charge is 2.37. The van der Waals surface area contributed by atoms with Crippen LogP contribution in [-0.4, -0.2) is 86.7 Å². The van der Waals surface area contributed by atoms with Gasteiger partial charge in [-0.05, 0) is 91.3 Å². The molecule has 5 amide bonds. The number of alkyl carbamates (subject to hydrolysis) is 1. The molecule has 0 spiro atoms. The first-order valence-corrected chi connectivity index (χ1v) is 20.0. The van der Waals surface area contributed by atoms with Gasteiger partial charge in [0.15, 0.2) is 5.13 Å². The molecule has 292 valence electrons. The van der Waals surface area contributed by atoms with Crippen LogP contribution in [0.2, 0.25) is 0 Å². The van der Waals surface area contributed by atoms with Crippen molar-refractivity contribution >= 4 is 58.8 Å². The number of carbonyl (C=O) groups excluding carboxylic acids is 5. The van der Waals surface area contributed by atoms with Gasteiger partial charge in [0.05, 0.1) is 11.1 Å². The van der Waals surface area contributed by atoms with E-state index in [1.165, 1.54) is 16.2 Å². The molecule has 1 aliphatic rings. The molecule has 1 aliphatic heterocycles. The van der Waals surface area contributed by atoms with Crippen molar-refractivity contribution in [1.29, 1.82) is 0 Å². The Morgan fingerprint density at radius 3 is 2.24 bits per heavy atom. The zero-order valence-electron chi connectivity index (χ0n) is 32.1. The van der Waals surface area contributed by atoms with Crippen molar-refractivity contribution < 1.29 is 28.7 Å². The molecule has 3 aromatic rings. The number of benzene rings is 2. The molecular formula is C40H54N6O6S2. The minimum atomic E-state index is -1.08. The summed E-state index contributed by atoms with van der Waals surface area (Å²) in [5, 5.41) is 9.83. The summed E-state index contributed by atoms with van der Waals surface area (Å²) < 4.78 is 5.52. The Labute approximate surface area is 328 Å². The molecule has 0 radical (unpaired) electrons. The first kappa shape index (κ1) is 42.3. The molecule has 2 heterocycles. The first-order chi connectivity index (χ1) is 25.6. The number of aromatic nitrogens is 1. The highest BCUT2D eigenvalue weighted by molar-refractivity contribution is 7.80. The minimum absolute atomic E-state index is 0.0120. The maximum atomic E-state index is 14.6. The molecule has 2 aromatic carbocycles. The molecule has 0 aliphatic carbocycles. The highest BCUT2D eigenvalue weighted by atomic mass is 32.1. The SMILES string of the molecule is CC(C)NC(=O)c1ccc(-c2csc(NC(=O)[C@H](C)N(C(=O)[C@@H](Cc3ccccc3)NC(=O)OC(C)(C)C)C(S)CCCC(=O)N3CCCCC3)n2)cc1. The molecule has 14 heteroatoms. The van der Waals surface area contributed by atoms with Crippen molar-refractivity contribution in [3.05, 3.63) is 71.1 Å². The van der Waals surface area contributed by atoms with E-state index in [4.69, 9.17) is 17.4 Å². The number of ether oxygens (including phenoxy) is 1. The monoisotopic (exact) mass is 778 g/mol. The van der Waals surface area contributed by atoms with E-state index in [0.717, 1.165) is 43.5 Å². The third-order valence-electron chi connectivity index (χ3n) is 8.80. The minimum Gasteiger partial charge on any atom is -0.444 e. The second-order valence-electron chi connectivity index (χ2n) is 14.9. The van der Waals surface area contributed by atoms with Gasteiger partial charge < -0.3 is 30.5 Å². The van der Waals surface area contributed by atoms with Crippen molar-refractivity contribution in [3.63, 3.8) is 0 Å². The van der Waals surface area contributed by atoms with Crippen LogP contribution in [0.15, 0.2) is 60.0 Å². The Morgan fingerprint density at radius 2 is 1.61 bits per heavy atom. The number of amides is 5. The zero-order valence-corrected chi connectivity index (χ0v) is 33.8. The Bertz CT molecular complexity index is 1720. The molecule has 1 saturated heterocycles. The predicted molar refractivity (Wildman–Crippen MR) is 215 cm³/mol. The first-order valence-electron chi connectivity index (χ1n) is 18.6. The van der Waals surface area contributed by atoms with E-state index in [-0.39, 0.29) is 24.3 Å². The van der Waals surface area contributed by atoms with Crippen LogP contribution in [-0.2, 0) is 25.5 Å². The van der Waals surface area contributed by atoms with Crippen LogP contribution in [0.5, 0.6) is 0 Å². The van der Waals surface area contributed by atoms with Crippen molar-refractivity contribution in [2.24, 2.45) is 0 Å². The second-order valence-corrected chi connectivity index (χ2v) is 16.3. The van der Waals surface area contributed by atoms with Gasteiger partial charge in [-0.15, -0.1) is 11.3 Å². The van der Waals surface area contributed by atoms with Gasteiger partial charge >= 0.3 is 6.09 Å². The third kappa shape index (κ3) is 12.9. The summed E-state index contributed by atoms with van der Waals surface area (Å²) in [5.74, 6) is -1.11. The number of carbonyl (C=O) groups is 5. The van der Waals surface area contributed by atoms with Gasteiger partial charge in [-0.25, -0.2) is 9.78 Å². The van der Waals surface area contributed by atoms with E-state index in [1.807, 2.05) is 49.1 Å². The molecule has 12 nitrogen and oxygen atoms in total. The van der Waals surface area contributed by atoms with Gasteiger partial charge in [0, 0.05) is 48.5 Å². The summed E-state index contributed by atoms with van der Waals surface area (Å²) in [5.41, 5.74) is 1.90. The van der Waals surface area contributed by atoms with Crippen LogP contribution < -0.4 is 16.0 Å². The summed E-state index contributed by atoms with van der Waals surface area (Å²) in [6.07, 6.45) is 3.58. The number of nitrogens with one attached hydrogen (secondary N) is 3. The topological polar surface area (TPSA) is 150 Å². The molecule has 54 heavy (non-hydrogen) atoms. The Kier molecular flexibility index (Phi) is 15.5. The Morgan fingerprint density at radius 1 is 0.944 bits per heavy atom. The molecule has 3 N–H and O–H groups in total. The maximum Gasteiger partial charge on any atom is 0.408 e. The van der Waals surface area contributed by atoms with E-state index in [9.17, 15) is 24.0 Å². The molecule has 1 fully saturated rings. The normalized spacial score (nSPS) is 14.8. The van der Waals surface area contributed by atoms with E-state index in [0.29, 0.717) is 35.7 Å². The smallest absolute Gasteiger partial charge is 0.408 e. The number of hydrogen-bond acceptors (Lipinski definition) is 9. The summed E-state index contributed by atoms with van der Waals surface area (Å²) in [7, 11) is 0. The fraction of sp³-hybridized carbons (Fsp3) is 0.500. The number of piperidine rings is 1. The molecule has 1 unspecified atom stereocenters. The summed E-state index contributed by atoms with van der Waals surface area (Å²) in [4.78, 5) is 74.7. The second kappa shape index (κ2) is 19.8. The summed E-state index contributed by atoms with van der Waals surface area (Å²) in [6, 6.07) is 14.2. The van der Waals surface area contributed by atoms with Crippen molar-refractivity contribution in [2.75, 3.05) is 18.4 Å². The molecule has 4 rings (SSSR count). The van der Waals surface area contributed by atoms with Gasteiger partial charge in [0.2, 0.25) is 17.7 Å². The lowest BCUT2D eigenvalue weighted by Crippen LogP contribution is -2.57. The number of thiol groups is 1. The van der Waals surface area contributed by atoms with Crippen molar-refractivity contribution in [3.8, 4) is 11.3 Å². The van der Waals surface area contributed by atoms with Crippen LogP contribution in [0, 0.1) is 0 Å². The summed E-state index contributed by atoms with van der Waals surface area (Å²) in [6.45, 7) is 12.1. The van der Waals surface area contributed by atoms with Crippen LogP contribution in [0.3, 0.4) is 0 Å². The molecule has 0 saturated carbocycles. The fourth-order valence-corrected chi connectivity index (χ4v) is 7.31. The van der Waals surface area contributed by atoms with Gasteiger partial charge in [-0.2, -0.15) is 12.6 Å². The van der Waals surface area contributed by atoms with E-state index >= 15 is 0 Å². The lowest BCUT2D eigenvalue weighted by Gasteiger charge is -2.36. The van der Waals surface area contributed by atoms with Gasteiger partial charge in [-0.1, -0.05) is 42.5 Å². The summed E-state index contributed by atoms with van der Waals surface area (Å²) >= 11 is 6.07. The van der Waals surface area contributed by atoms with Crippen LogP contribution in [0.1, 0.15) is 96.0 Å². The van der Waals surface area contributed by atoms with Gasteiger partial charge in [0.25, 0.3) is 5.91 Å². The number of thiazole rings is 1. The van der Waals surface area contributed by atoms with Crippen LogP contribution >= 0.6 is 24.0 Å². The predicted octanol–water partition coefficient (Wildman–Crippen LogP) is 6.68. The third-order valence-corrected chi connectivity index (χ3v) is 10.1. The van der Waals surface area contributed by atoms with Crippen LogP contribution in [0.4, 0.5) is 9.93 Å². The average Bonchev–Trinajstić information content (AvgIpc) is 3.59. The largest absolute Gasteiger partial charge is 0.444 e. The van der Waals surface area contributed by atoms with E-state index in [1.54, 1.807) is 57.3 Å². The van der Waals surface area contributed by atoms with Gasteiger partial charge in [0.1, 0.15) is 17.7 Å². The van der Waals surface area contributed by atoms with Crippen molar-refractivity contribution in [2.45, 2.75) is 116 Å². The lowest BCUT2D eigenvalue weighted by molar-refractivity contribution is -0.140. The van der Waals surface area contributed by atoms with E-state index < -0.39 is 41.0 Å². The number of hydrogen-bond donors (Lipinski definition) is 4.